The van der Waals surface area contributed by atoms with Crippen molar-refractivity contribution in [3.8, 4) is 0 Å². The van der Waals surface area contributed by atoms with Crippen LogP contribution in [0.3, 0.4) is 0 Å². The van der Waals surface area contributed by atoms with Gasteiger partial charge in [-0.15, -0.1) is 0 Å². The van der Waals surface area contributed by atoms with Crippen molar-refractivity contribution in [1.82, 2.24) is 4.90 Å². The first kappa shape index (κ1) is 19.6. The minimum absolute atomic E-state index is 0.358. The Hall–Kier alpha value is -2.17. The van der Waals surface area contributed by atoms with E-state index in [1.807, 2.05) is 60.7 Å². The Morgan fingerprint density at radius 2 is 1.67 bits per heavy atom. The van der Waals surface area contributed by atoms with E-state index in [1.54, 1.807) is 7.11 Å². The van der Waals surface area contributed by atoms with Crippen molar-refractivity contribution in [2.75, 3.05) is 26.8 Å². The summed E-state index contributed by atoms with van der Waals surface area (Å²) in [5, 5.41) is 0. The van der Waals surface area contributed by atoms with Crippen molar-refractivity contribution >= 4 is 5.97 Å². The maximum atomic E-state index is 13.3. The molecule has 0 saturated carbocycles. The summed E-state index contributed by atoms with van der Waals surface area (Å²) in [5.41, 5.74) is 0.308. The molecule has 144 valence electrons. The number of hydrogen-bond acceptors (Lipinski definition) is 4. The van der Waals surface area contributed by atoms with Gasteiger partial charge in [0.05, 0.1) is 6.61 Å². The van der Waals surface area contributed by atoms with Crippen LogP contribution in [-0.4, -0.2) is 43.7 Å². The van der Waals surface area contributed by atoms with Crippen LogP contribution < -0.4 is 0 Å². The molecule has 3 rings (SSSR count). The molecule has 0 bridgehead atoms. The Labute approximate surface area is 162 Å². The third-order valence-electron chi connectivity index (χ3n) is 5.54. The molecule has 0 spiro atoms. The van der Waals surface area contributed by atoms with E-state index in [0.717, 1.165) is 30.6 Å². The van der Waals surface area contributed by atoms with E-state index in [4.69, 9.17) is 9.47 Å². The van der Waals surface area contributed by atoms with Gasteiger partial charge in [0.2, 0.25) is 5.60 Å². The molecule has 1 heterocycles. The number of benzene rings is 2. The second kappa shape index (κ2) is 9.16. The predicted molar refractivity (Wildman–Crippen MR) is 107 cm³/mol. The number of likely N-dealkylation sites (tertiary alicyclic amines) is 1. The summed E-state index contributed by atoms with van der Waals surface area (Å²) in [4.78, 5) is 15.7. The molecular weight excluding hydrogens is 338 g/mol. The highest BCUT2D eigenvalue weighted by molar-refractivity contribution is 5.85. The number of esters is 1. The maximum absolute atomic E-state index is 13.3. The minimum atomic E-state index is -1.25. The fourth-order valence-corrected chi connectivity index (χ4v) is 4.09. The average Bonchev–Trinajstić information content (AvgIpc) is 3.18. The number of rotatable bonds is 8. The third-order valence-corrected chi connectivity index (χ3v) is 5.54. The second-order valence-electron chi connectivity index (χ2n) is 6.97. The van der Waals surface area contributed by atoms with Gasteiger partial charge in [0.25, 0.3) is 0 Å². The third kappa shape index (κ3) is 4.07. The molecule has 2 aromatic rings. The van der Waals surface area contributed by atoms with Gasteiger partial charge in [-0.2, -0.15) is 0 Å². The lowest BCUT2D eigenvalue weighted by atomic mass is 9.86. The predicted octanol–water partition coefficient (Wildman–Crippen LogP) is 3.99. The normalized spacial score (nSPS) is 17.8. The quantitative estimate of drug-likeness (QED) is 0.661. The lowest BCUT2D eigenvalue weighted by Crippen LogP contribution is -2.41. The lowest BCUT2D eigenvalue weighted by molar-refractivity contribution is -0.165. The summed E-state index contributed by atoms with van der Waals surface area (Å²) in [6.45, 7) is 4.79. The van der Waals surface area contributed by atoms with Gasteiger partial charge < -0.3 is 14.4 Å². The van der Waals surface area contributed by atoms with Crippen molar-refractivity contribution in [3.63, 3.8) is 0 Å². The van der Waals surface area contributed by atoms with Crippen molar-refractivity contribution < 1.29 is 14.3 Å². The molecule has 1 aliphatic rings. The van der Waals surface area contributed by atoms with Crippen LogP contribution in [-0.2, 0) is 19.9 Å². The Balaban J connectivity index is 1.79. The number of carbonyl (C=O) groups excluding carboxylic acids is 1. The topological polar surface area (TPSA) is 38.8 Å². The van der Waals surface area contributed by atoms with E-state index in [-0.39, 0.29) is 5.97 Å². The molecule has 0 aromatic heterocycles. The molecule has 1 fully saturated rings. The van der Waals surface area contributed by atoms with Crippen LogP contribution in [0.15, 0.2) is 60.7 Å². The molecule has 2 aromatic carbocycles. The van der Waals surface area contributed by atoms with E-state index >= 15 is 0 Å². The van der Waals surface area contributed by atoms with Crippen LogP contribution in [0.1, 0.15) is 37.3 Å². The SMILES string of the molecule is CCN1CCCC1CCOC(=O)C(OC)(c1ccccc1)c1ccccc1. The van der Waals surface area contributed by atoms with Gasteiger partial charge in [-0.3, -0.25) is 0 Å². The summed E-state index contributed by atoms with van der Waals surface area (Å²) >= 11 is 0. The summed E-state index contributed by atoms with van der Waals surface area (Å²) in [6.07, 6.45) is 3.27. The van der Waals surface area contributed by atoms with E-state index < -0.39 is 5.60 Å². The monoisotopic (exact) mass is 367 g/mol. The summed E-state index contributed by atoms with van der Waals surface area (Å²) < 4.78 is 11.6. The zero-order valence-corrected chi connectivity index (χ0v) is 16.3. The first-order valence-corrected chi connectivity index (χ1v) is 9.79. The largest absolute Gasteiger partial charge is 0.463 e. The molecule has 27 heavy (non-hydrogen) atoms. The zero-order valence-electron chi connectivity index (χ0n) is 16.3. The Morgan fingerprint density at radius 1 is 1.07 bits per heavy atom. The number of carbonyl (C=O) groups is 1. The van der Waals surface area contributed by atoms with Crippen molar-refractivity contribution in [3.05, 3.63) is 71.8 Å². The van der Waals surface area contributed by atoms with Gasteiger partial charge in [0.1, 0.15) is 0 Å². The number of nitrogens with zero attached hydrogens (tertiary/aromatic N) is 1. The van der Waals surface area contributed by atoms with Crippen LogP contribution in [0.25, 0.3) is 0 Å². The number of methoxy groups -OCH3 is 1. The average molecular weight is 367 g/mol. The number of ether oxygens (including phenoxy) is 2. The Kier molecular flexibility index (Phi) is 6.64. The molecule has 1 atom stereocenters. The lowest BCUT2D eigenvalue weighted by Gasteiger charge is -2.31. The van der Waals surface area contributed by atoms with E-state index in [0.29, 0.717) is 12.6 Å². The van der Waals surface area contributed by atoms with E-state index in [2.05, 4.69) is 11.8 Å². The summed E-state index contributed by atoms with van der Waals surface area (Å²) in [6, 6.07) is 19.7. The highest BCUT2D eigenvalue weighted by atomic mass is 16.6. The van der Waals surface area contributed by atoms with Crippen molar-refractivity contribution in [1.29, 1.82) is 0 Å². The molecule has 0 amide bonds. The molecule has 4 nitrogen and oxygen atoms in total. The van der Waals surface area contributed by atoms with Gasteiger partial charge in [-0.25, -0.2) is 4.79 Å². The Bertz CT molecular complexity index is 677. The van der Waals surface area contributed by atoms with E-state index in [9.17, 15) is 4.79 Å². The highest BCUT2D eigenvalue weighted by Crippen LogP contribution is 2.34. The molecule has 0 N–H and O–H groups in total. The zero-order chi connectivity index (χ0) is 19.1. The summed E-state index contributed by atoms with van der Waals surface area (Å²) in [7, 11) is 1.57. The van der Waals surface area contributed by atoms with Crippen molar-refractivity contribution in [2.45, 2.75) is 37.8 Å². The summed E-state index contributed by atoms with van der Waals surface area (Å²) in [5.74, 6) is -0.358. The van der Waals surface area contributed by atoms with Crippen LogP contribution in [0.5, 0.6) is 0 Å². The van der Waals surface area contributed by atoms with Crippen LogP contribution >= 0.6 is 0 Å². The van der Waals surface area contributed by atoms with Crippen molar-refractivity contribution in [2.24, 2.45) is 0 Å². The molecule has 1 aliphatic heterocycles. The molecule has 0 radical (unpaired) electrons. The molecule has 0 aliphatic carbocycles. The fraction of sp³-hybridized carbons (Fsp3) is 0.435. The molecule has 1 saturated heterocycles. The van der Waals surface area contributed by atoms with Gasteiger partial charge in [-0.05, 0) is 43.5 Å². The van der Waals surface area contributed by atoms with Crippen LogP contribution in [0, 0.1) is 0 Å². The van der Waals surface area contributed by atoms with Gasteiger partial charge >= 0.3 is 5.97 Å². The highest BCUT2D eigenvalue weighted by Gasteiger charge is 2.44. The number of hydrogen-bond donors (Lipinski definition) is 0. The smallest absolute Gasteiger partial charge is 0.347 e. The Morgan fingerprint density at radius 3 is 2.19 bits per heavy atom. The fourth-order valence-electron chi connectivity index (χ4n) is 4.09. The van der Waals surface area contributed by atoms with Gasteiger partial charge in [-0.1, -0.05) is 67.6 Å². The van der Waals surface area contributed by atoms with Gasteiger partial charge in [0, 0.05) is 13.2 Å². The molecule has 4 heteroatoms. The first-order chi connectivity index (χ1) is 13.2. The maximum Gasteiger partial charge on any atom is 0.347 e. The molecule has 1 unspecified atom stereocenters. The molecular formula is C23H29NO3. The second-order valence-corrected chi connectivity index (χ2v) is 6.97. The standard InChI is InChI=1S/C23H29NO3/c1-3-24-17-10-15-21(24)16-18-27-22(25)23(26-2,19-11-6-4-7-12-19)20-13-8-5-9-14-20/h4-9,11-14,21H,3,10,15-18H2,1-2H3. The van der Waals surface area contributed by atoms with Crippen LogP contribution in [0.4, 0.5) is 0 Å². The van der Waals surface area contributed by atoms with E-state index in [1.165, 1.54) is 12.8 Å². The van der Waals surface area contributed by atoms with Crippen LogP contribution in [0.2, 0.25) is 0 Å². The van der Waals surface area contributed by atoms with Gasteiger partial charge in [0.15, 0.2) is 0 Å². The minimum Gasteiger partial charge on any atom is -0.463 e. The first-order valence-electron chi connectivity index (χ1n) is 9.79.